The second kappa shape index (κ2) is 5.35. The van der Waals surface area contributed by atoms with Gasteiger partial charge in [-0.15, -0.1) is 0 Å². The molecule has 1 saturated heterocycles. The molecule has 1 fully saturated rings. The number of aliphatic hydroxyl groups excluding tert-OH is 1. The number of hydrogen-bond acceptors (Lipinski definition) is 10. The average Bonchev–Trinajstić information content (AvgIpc) is 2.95. The van der Waals surface area contributed by atoms with E-state index in [0.717, 1.165) is 0 Å². The van der Waals surface area contributed by atoms with E-state index < -0.39 is 40.2 Å². The molecule has 3 rings (SSSR count). The van der Waals surface area contributed by atoms with Crippen molar-refractivity contribution < 1.29 is 32.2 Å². The van der Waals surface area contributed by atoms with E-state index >= 15 is 0 Å². The lowest BCUT2D eigenvalue weighted by molar-refractivity contribution is -0.607. The third-order valence-electron chi connectivity index (χ3n) is 4.25. The highest BCUT2D eigenvalue weighted by atomic mass is 32.2. The van der Waals surface area contributed by atoms with Gasteiger partial charge in [0.25, 0.3) is 0 Å². The number of carbonyl (C=O) groups excluding carboxylic acids is 1. The van der Waals surface area contributed by atoms with Crippen LogP contribution in [-0.4, -0.2) is 77.7 Å². The molecular formula is C10H18N7O6S+. The molecule has 0 aliphatic carbocycles. The van der Waals surface area contributed by atoms with Crippen LogP contribution in [0.15, 0.2) is 4.99 Å². The quantitative estimate of drug-likeness (QED) is 0.189. The molecule has 9 N–H and O–H groups in total. The topological polar surface area (TPSA) is 204 Å². The fourth-order valence-corrected chi connectivity index (χ4v) is 3.67. The van der Waals surface area contributed by atoms with Gasteiger partial charge in [0.2, 0.25) is 5.66 Å². The number of carbonyl (C=O) groups is 1. The largest absolute Gasteiger partial charge is 0.445 e. The van der Waals surface area contributed by atoms with Crippen molar-refractivity contribution in [2.24, 2.45) is 16.5 Å². The minimum atomic E-state index is -4.72. The van der Waals surface area contributed by atoms with Crippen LogP contribution in [0.2, 0.25) is 0 Å². The fraction of sp³-hybridized carbons (Fsp3) is 0.700. The molecule has 0 saturated carbocycles. The number of rotatable bonds is 3. The van der Waals surface area contributed by atoms with Crippen molar-refractivity contribution >= 4 is 28.3 Å². The standard InChI is InChI=1S/C10H17N7O6S/c11-7-14-6-4(3-23-9(19)16-24(20,21)22)13-8(12)17-2-1-5(18)10(6,17)15-7/h4-6,18H,1-3H2,(H7,11,12,13,14,15,16,19,20,21,22)/p+1/t4-,5+,6-,10+/m0/s1. The summed E-state index contributed by atoms with van der Waals surface area (Å²) in [4.78, 5) is 15.6. The maximum absolute atomic E-state index is 11.4. The van der Waals surface area contributed by atoms with Crippen molar-refractivity contribution in [3.8, 4) is 0 Å². The van der Waals surface area contributed by atoms with E-state index in [1.165, 1.54) is 4.72 Å². The summed E-state index contributed by atoms with van der Waals surface area (Å²) in [7, 11) is -4.72. The first kappa shape index (κ1) is 16.5. The molecular weight excluding hydrogens is 346 g/mol. The molecule has 0 bridgehead atoms. The zero-order valence-corrected chi connectivity index (χ0v) is 13.2. The van der Waals surface area contributed by atoms with Crippen LogP contribution in [0.1, 0.15) is 6.42 Å². The first-order chi connectivity index (χ1) is 11.1. The zero-order chi connectivity index (χ0) is 17.7. The SMILES string of the molecule is NC1=N[C@H]2[C@H](COC(=O)NS(=O)(=O)O)NC(N)=[N+]3CC[C@@H](O)[C@]23N1. The van der Waals surface area contributed by atoms with Crippen LogP contribution < -0.4 is 26.8 Å². The lowest BCUT2D eigenvalue weighted by Gasteiger charge is -2.39. The summed E-state index contributed by atoms with van der Waals surface area (Å²) >= 11 is 0. The Labute approximate surface area is 136 Å². The summed E-state index contributed by atoms with van der Waals surface area (Å²) in [6.45, 7) is 0.149. The summed E-state index contributed by atoms with van der Waals surface area (Å²) in [5, 5.41) is 16.2. The van der Waals surface area contributed by atoms with Crippen LogP contribution in [-0.2, 0) is 15.0 Å². The van der Waals surface area contributed by atoms with E-state index in [4.69, 9.17) is 20.8 Å². The van der Waals surface area contributed by atoms with Gasteiger partial charge in [0.05, 0.1) is 6.54 Å². The van der Waals surface area contributed by atoms with Crippen LogP contribution in [0.5, 0.6) is 0 Å². The molecule has 24 heavy (non-hydrogen) atoms. The Balaban J connectivity index is 1.80. The molecule has 3 aliphatic rings. The molecule has 13 nitrogen and oxygen atoms in total. The minimum absolute atomic E-state index is 0.106. The van der Waals surface area contributed by atoms with Gasteiger partial charge in [-0.05, 0) is 0 Å². The number of nitrogens with zero attached hydrogens (tertiary/aromatic N) is 2. The van der Waals surface area contributed by atoms with Gasteiger partial charge in [-0.2, -0.15) is 13.1 Å². The van der Waals surface area contributed by atoms with Crippen LogP contribution in [0.3, 0.4) is 0 Å². The van der Waals surface area contributed by atoms with Crippen molar-refractivity contribution in [1.82, 2.24) is 15.4 Å². The lowest BCUT2D eigenvalue weighted by Crippen LogP contribution is -2.74. The van der Waals surface area contributed by atoms with Gasteiger partial charge in [-0.1, -0.05) is 0 Å². The van der Waals surface area contributed by atoms with Gasteiger partial charge >= 0.3 is 22.4 Å². The van der Waals surface area contributed by atoms with E-state index in [0.29, 0.717) is 13.0 Å². The van der Waals surface area contributed by atoms with Crippen molar-refractivity contribution in [2.45, 2.75) is 30.3 Å². The van der Waals surface area contributed by atoms with Crippen LogP contribution >= 0.6 is 0 Å². The molecule has 1 amide bonds. The van der Waals surface area contributed by atoms with E-state index in [9.17, 15) is 18.3 Å². The first-order valence-electron chi connectivity index (χ1n) is 7.01. The number of aliphatic hydroxyl groups is 1. The van der Waals surface area contributed by atoms with Crippen LogP contribution in [0.25, 0.3) is 0 Å². The zero-order valence-electron chi connectivity index (χ0n) is 12.3. The molecule has 3 aliphatic heterocycles. The third-order valence-corrected chi connectivity index (χ3v) is 4.67. The lowest BCUT2D eigenvalue weighted by atomic mass is 9.89. The summed E-state index contributed by atoms with van der Waals surface area (Å²) < 4.78 is 37.4. The van der Waals surface area contributed by atoms with E-state index in [1.807, 2.05) is 0 Å². The average molecular weight is 364 g/mol. The van der Waals surface area contributed by atoms with Gasteiger partial charge in [0.15, 0.2) is 5.96 Å². The Morgan fingerprint density at radius 3 is 2.92 bits per heavy atom. The third kappa shape index (κ3) is 2.57. The predicted molar refractivity (Wildman–Crippen MR) is 79.2 cm³/mol. The van der Waals surface area contributed by atoms with Gasteiger partial charge in [-0.3, -0.25) is 15.6 Å². The molecule has 14 heteroatoms. The number of nitrogens with one attached hydrogen (secondary N) is 3. The Kier molecular flexibility index (Phi) is 3.69. The molecule has 1 spiro atoms. The summed E-state index contributed by atoms with van der Waals surface area (Å²) in [6.07, 6.45) is -1.74. The highest BCUT2D eigenvalue weighted by Gasteiger charge is 2.64. The maximum Gasteiger partial charge on any atom is 0.422 e. The van der Waals surface area contributed by atoms with Gasteiger partial charge in [0.1, 0.15) is 24.8 Å². The number of aliphatic imine (C=N–C) groups is 1. The Bertz CT molecular complexity index is 736. The van der Waals surface area contributed by atoms with Crippen LogP contribution in [0, 0.1) is 0 Å². The predicted octanol–water partition coefficient (Wildman–Crippen LogP) is -4.44. The second-order valence-electron chi connectivity index (χ2n) is 5.68. The van der Waals surface area contributed by atoms with E-state index in [1.54, 1.807) is 4.58 Å². The Morgan fingerprint density at radius 1 is 1.54 bits per heavy atom. The normalized spacial score (nSPS) is 34.6. The van der Waals surface area contributed by atoms with Crippen molar-refractivity contribution in [2.75, 3.05) is 13.2 Å². The highest BCUT2D eigenvalue weighted by molar-refractivity contribution is 7.84. The number of nitrogens with two attached hydrogens (primary N) is 2. The van der Waals surface area contributed by atoms with Crippen molar-refractivity contribution in [1.29, 1.82) is 0 Å². The molecule has 3 heterocycles. The number of guanidine groups is 2. The maximum atomic E-state index is 11.4. The molecule has 134 valence electrons. The van der Waals surface area contributed by atoms with E-state index in [-0.39, 0.29) is 18.5 Å². The molecule has 0 aromatic rings. The van der Waals surface area contributed by atoms with Crippen molar-refractivity contribution in [3.63, 3.8) is 0 Å². The Morgan fingerprint density at radius 2 is 2.25 bits per heavy atom. The van der Waals surface area contributed by atoms with Crippen molar-refractivity contribution in [3.05, 3.63) is 0 Å². The summed E-state index contributed by atoms with van der Waals surface area (Å²) in [5.74, 6) is 0.346. The highest BCUT2D eigenvalue weighted by Crippen LogP contribution is 2.35. The fourth-order valence-electron chi connectivity index (χ4n) is 3.40. The molecule has 0 unspecified atom stereocenters. The summed E-state index contributed by atoms with van der Waals surface area (Å²) in [5.41, 5.74) is 10.7. The summed E-state index contributed by atoms with van der Waals surface area (Å²) in [6, 6.07) is -1.31. The smallest absolute Gasteiger partial charge is 0.422 e. The first-order valence-corrected chi connectivity index (χ1v) is 8.45. The second-order valence-corrected chi connectivity index (χ2v) is 6.83. The molecule has 0 radical (unpaired) electrons. The monoisotopic (exact) mass is 364 g/mol. The van der Waals surface area contributed by atoms with Crippen LogP contribution in [0.4, 0.5) is 4.79 Å². The number of ether oxygens (including phenoxy) is 1. The minimum Gasteiger partial charge on any atom is -0.445 e. The number of amides is 1. The Hall–Kier alpha value is -2.32. The molecule has 4 atom stereocenters. The molecule has 0 aromatic carbocycles. The van der Waals surface area contributed by atoms with Gasteiger partial charge in [-0.25, -0.2) is 14.4 Å². The van der Waals surface area contributed by atoms with E-state index in [2.05, 4.69) is 15.6 Å². The van der Waals surface area contributed by atoms with Gasteiger partial charge in [0, 0.05) is 6.42 Å². The number of hydrogen-bond donors (Lipinski definition) is 7. The molecule has 0 aromatic heterocycles. The van der Waals surface area contributed by atoms with Gasteiger partial charge < -0.3 is 20.9 Å².